The van der Waals surface area contributed by atoms with Gasteiger partial charge in [0.2, 0.25) is 11.8 Å². The van der Waals surface area contributed by atoms with E-state index < -0.39 is 0 Å². The van der Waals surface area contributed by atoms with E-state index in [9.17, 15) is 0 Å². The molecule has 3 heterocycles. The Morgan fingerprint density at radius 3 is 2.82 bits per heavy atom. The molecule has 0 spiro atoms. The summed E-state index contributed by atoms with van der Waals surface area (Å²) in [5, 5.41) is 3.48. The van der Waals surface area contributed by atoms with Gasteiger partial charge in [0.05, 0.1) is 11.3 Å². The van der Waals surface area contributed by atoms with E-state index in [0.717, 1.165) is 47.4 Å². The number of rotatable bonds is 1. The predicted octanol–water partition coefficient (Wildman–Crippen LogP) is 2.89. The molecule has 4 rings (SSSR count). The Labute approximate surface area is 130 Å². The molecule has 5 nitrogen and oxygen atoms in total. The summed E-state index contributed by atoms with van der Waals surface area (Å²) in [6.07, 6.45) is 2.44. The van der Waals surface area contributed by atoms with Gasteiger partial charge in [-0.3, -0.25) is 0 Å². The van der Waals surface area contributed by atoms with Crippen molar-refractivity contribution in [1.29, 1.82) is 0 Å². The van der Waals surface area contributed by atoms with E-state index in [1.54, 1.807) is 0 Å². The first-order valence-corrected chi connectivity index (χ1v) is 7.88. The van der Waals surface area contributed by atoms with Crippen molar-refractivity contribution in [2.75, 3.05) is 23.3 Å². The normalized spacial score (nSPS) is 16.9. The van der Waals surface area contributed by atoms with Crippen LogP contribution in [-0.2, 0) is 13.2 Å². The number of anilines is 2. The van der Waals surface area contributed by atoms with Crippen LogP contribution in [0.2, 0.25) is 0 Å². The third kappa shape index (κ3) is 2.36. The van der Waals surface area contributed by atoms with Crippen LogP contribution in [0.15, 0.2) is 24.3 Å². The Morgan fingerprint density at radius 1 is 1.14 bits per heavy atom. The fourth-order valence-electron chi connectivity index (χ4n) is 3.09. The first-order valence-electron chi connectivity index (χ1n) is 7.88. The van der Waals surface area contributed by atoms with Crippen LogP contribution in [0.1, 0.15) is 29.7 Å². The summed E-state index contributed by atoms with van der Waals surface area (Å²) in [7, 11) is 0. The number of ether oxygens (including phenoxy) is 1. The highest BCUT2D eigenvalue weighted by atomic mass is 16.5. The number of para-hydroxylation sites is 1. The number of nitrogens with one attached hydrogen (secondary N) is 1. The van der Waals surface area contributed by atoms with E-state index in [0.29, 0.717) is 13.2 Å². The van der Waals surface area contributed by atoms with Gasteiger partial charge in [-0.05, 0) is 25.8 Å². The van der Waals surface area contributed by atoms with Gasteiger partial charge in [0, 0.05) is 30.9 Å². The Balaban J connectivity index is 1.68. The van der Waals surface area contributed by atoms with Crippen LogP contribution in [-0.4, -0.2) is 23.1 Å². The number of hydrogen-bond acceptors (Lipinski definition) is 5. The van der Waals surface area contributed by atoms with Gasteiger partial charge >= 0.3 is 0 Å². The summed E-state index contributed by atoms with van der Waals surface area (Å²) in [4.78, 5) is 11.6. The standard InChI is InChI=1S/C17H20N4O/c1-12-14-10-18-15-7-3-2-6-13(15)11-22-16(14)20-17(19-12)21-8-4-5-9-21/h2-3,6-7,18H,4-5,8-11H2,1H3. The Bertz CT molecular complexity index is 695. The second kappa shape index (κ2) is 5.48. The maximum absolute atomic E-state index is 6.02. The van der Waals surface area contributed by atoms with Crippen LogP contribution < -0.4 is 15.0 Å². The molecule has 2 aromatic rings. The van der Waals surface area contributed by atoms with Gasteiger partial charge < -0.3 is 15.0 Å². The Kier molecular flexibility index (Phi) is 3.33. The number of nitrogens with zero attached hydrogens (tertiary/aromatic N) is 3. The molecule has 114 valence electrons. The van der Waals surface area contributed by atoms with Crippen molar-refractivity contribution in [2.24, 2.45) is 0 Å². The van der Waals surface area contributed by atoms with Crippen molar-refractivity contribution < 1.29 is 4.74 Å². The van der Waals surface area contributed by atoms with Crippen LogP contribution in [0.4, 0.5) is 11.6 Å². The average molecular weight is 296 g/mol. The van der Waals surface area contributed by atoms with E-state index in [1.807, 2.05) is 19.1 Å². The van der Waals surface area contributed by atoms with Gasteiger partial charge in [0.1, 0.15) is 6.61 Å². The van der Waals surface area contributed by atoms with Crippen LogP contribution in [0, 0.1) is 6.92 Å². The van der Waals surface area contributed by atoms with Gasteiger partial charge in [-0.1, -0.05) is 18.2 Å². The molecule has 0 amide bonds. The van der Waals surface area contributed by atoms with Crippen molar-refractivity contribution >= 4 is 11.6 Å². The zero-order chi connectivity index (χ0) is 14.9. The molecule has 1 aromatic heterocycles. The van der Waals surface area contributed by atoms with E-state index >= 15 is 0 Å². The zero-order valence-electron chi connectivity index (χ0n) is 12.8. The molecule has 0 bridgehead atoms. The number of hydrogen-bond donors (Lipinski definition) is 1. The SMILES string of the molecule is Cc1nc(N2CCCC2)nc2c1CNc1ccccc1CO2. The number of aromatic nitrogens is 2. The van der Waals surface area contributed by atoms with E-state index in [2.05, 4.69) is 27.3 Å². The smallest absolute Gasteiger partial charge is 0.228 e. The minimum absolute atomic E-state index is 0.534. The summed E-state index contributed by atoms with van der Waals surface area (Å²) in [5.41, 5.74) is 4.33. The fourth-order valence-corrected chi connectivity index (χ4v) is 3.09. The fraction of sp³-hybridized carbons (Fsp3) is 0.412. The molecule has 1 saturated heterocycles. The van der Waals surface area contributed by atoms with Gasteiger partial charge in [-0.2, -0.15) is 4.98 Å². The predicted molar refractivity (Wildman–Crippen MR) is 86.3 cm³/mol. The molecule has 0 aliphatic carbocycles. The Morgan fingerprint density at radius 2 is 1.95 bits per heavy atom. The Hall–Kier alpha value is -2.30. The molecular formula is C17H20N4O. The molecule has 2 aliphatic rings. The molecule has 2 aliphatic heterocycles. The molecular weight excluding hydrogens is 276 g/mol. The van der Waals surface area contributed by atoms with Crippen molar-refractivity contribution in [1.82, 2.24) is 9.97 Å². The quantitative estimate of drug-likeness (QED) is 0.877. The van der Waals surface area contributed by atoms with Gasteiger partial charge in [-0.25, -0.2) is 4.98 Å². The summed E-state index contributed by atoms with van der Waals surface area (Å²) in [6.45, 7) is 5.35. The van der Waals surface area contributed by atoms with E-state index in [4.69, 9.17) is 9.72 Å². The van der Waals surface area contributed by atoms with Gasteiger partial charge in [0.15, 0.2) is 0 Å². The number of aryl methyl sites for hydroxylation is 1. The van der Waals surface area contributed by atoms with Crippen molar-refractivity contribution in [3.63, 3.8) is 0 Å². The topological polar surface area (TPSA) is 50.3 Å². The molecule has 0 saturated carbocycles. The second-order valence-corrected chi connectivity index (χ2v) is 5.89. The zero-order valence-corrected chi connectivity index (χ0v) is 12.8. The molecule has 0 atom stereocenters. The van der Waals surface area contributed by atoms with Gasteiger partial charge in [-0.15, -0.1) is 0 Å². The van der Waals surface area contributed by atoms with Crippen molar-refractivity contribution in [3.05, 3.63) is 41.1 Å². The lowest BCUT2D eigenvalue weighted by molar-refractivity contribution is 0.288. The molecule has 1 N–H and O–H groups in total. The summed E-state index contributed by atoms with van der Waals surface area (Å²) in [5.74, 6) is 1.53. The summed E-state index contributed by atoms with van der Waals surface area (Å²) < 4.78 is 6.02. The maximum atomic E-state index is 6.02. The second-order valence-electron chi connectivity index (χ2n) is 5.89. The largest absolute Gasteiger partial charge is 0.472 e. The third-order valence-corrected chi connectivity index (χ3v) is 4.39. The summed E-state index contributed by atoms with van der Waals surface area (Å²) in [6, 6.07) is 8.24. The highest BCUT2D eigenvalue weighted by Crippen LogP contribution is 2.29. The van der Waals surface area contributed by atoms with Crippen molar-refractivity contribution in [3.8, 4) is 5.88 Å². The monoisotopic (exact) mass is 296 g/mol. The van der Waals surface area contributed by atoms with Crippen LogP contribution in [0.5, 0.6) is 5.88 Å². The minimum atomic E-state index is 0.534. The molecule has 0 unspecified atom stereocenters. The first-order chi connectivity index (χ1) is 10.8. The van der Waals surface area contributed by atoms with Crippen LogP contribution >= 0.6 is 0 Å². The van der Waals surface area contributed by atoms with Crippen molar-refractivity contribution in [2.45, 2.75) is 32.9 Å². The molecule has 22 heavy (non-hydrogen) atoms. The number of fused-ring (bicyclic) bond motifs is 2. The minimum Gasteiger partial charge on any atom is -0.472 e. The number of benzene rings is 1. The van der Waals surface area contributed by atoms with E-state index in [-0.39, 0.29) is 0 Å². The average Bonchev–Trinajstić information content (AvgIpc) is 3.04. The molecule has 1 aromatic carbocycles. The third-order valence-electron chi connectivity index (χ3n) is 4.39. The van der Waals surface area contributed by atoms with Crippen LogP contribution in [0.25, 0.3) is 0 Å². The first kappa shape index (κ1) is 13.4. The van der Waals surface area contributed by atoms with Gasteiger partial charge in [0.25, 0.3) is 0 Å². The lowest BCUT2D eigenvalue weighted by Gasteiger charge is -2.22. The molecule has 5 heteroatoms. The lowest BCUT2D eigenvalue weighted by Crippen LogP contribution is -2.22. The maximum Gasteiger partial charge on any atom is 0.228 e. The van der Waals surface area contributed by atoms with Crippen LogP contribution in [0.3, 0.4) is 0 Å². The molecule has 0 radical (unpaired) electrons. The highest BCUT2D eigenvalue weighted by molar-refractivity contribution is 5.53. The lowest BCUT2D eigenvalue weighted by atomic mass is 10.1. The summed E-state index contributed by atoms with van der Waals surface area (Å²) >= 11 is 0. The molecule has 1 fully saturated rings. The highest BCUT2D eigenvalue weighted by Gasteiger charge is 2.21. The van der Waals surface area contributed by atoms with E-state index in [1.165, 1.54) is 12.8 Å².